The van der Waals surface area contributed by atoms with Gasteiger partial charge in [-0.15, -0.1) is 0 Å². The van der Waals surface area contributed by atoms with Gasteiger partial charge in [-0.2, -0.15) is 0 Å². The Kier molecular flexibility index (Phi) is 5.15. The number of para-hydroxylation sites is 1. The third-order valence-electron chi connectivity index (χ3n) is 5.09. The minimum atomic E-state index is -0.431. The van der Waals surface area contributed by atoms with Crippen molar-refractivity contribution in [1.82, 2.24) is 0 Å². The Bertz CT molecular complexity index is 1080. The predicted molar refractivity (Wildman–Crippen MR) is 106 cm³/mol. The van der Waals surface area contributed by atoms with E-state index < -0.39 is 5.63 Å². The molecule has 0 fully saturated rings. The molecule has 0 bridgehead atoms. The van der Waals surface area contributed by atoms with Gasteiger partial charge in [-0.25, -0.2) is 4.79 Å². The molecule has 4 rings (SSSR count). The Balaban J connectivity index is 1.40. The van der Waals surface area contributed by atoms with E-state index in [4.69, 9.17) is 13.9 Å². The summed E-state index contributed by atoms with van der Waals surface area (Å²) in [5, 5.41) is 0.837. The van der Waals surface area contributed by atoms with Crippen molar-refractivity contribution in [1.29, 1.82) is 0 Å². The summed E-state index contributed by atoms with van der Waals surface area (Å²) in [6.07, 6.45) is 3.29. The van der Waals surface area contributed by atoms with Crippen molar-refractivity contribution in [3.8, 4) is 5.75 Å². The van der Waals surface area contributed by atoms with Crippen LogP contribution in [0.3, 0.4) is 0 Å². The van der Waals surface area contributed by atoms with E-state index in [1.807, 2.05) is 37.3 Å². The van der Waals surface area contributed by atoms with Crippen LogP contribution in [0.15, 0.2) is 51.7 Å². The molecular formula is C23H22O5. The molecule has 0 amide bonds. The molecule has 1 aliphatic rings. The molecule has 28 heavy (non-hydrogen) atoms. The lowest BCUT2D eigenvalue weighted by Crippen LogP contribution is -2.11. The lowest BCUT2D eigenvalue weighted by molar-refractivity contribution is -0.145. The normalized spacial score (nSPS) is 12.8. The second kappa shape index (κ2) is 7.89. The second-order valence-corrected chi connectivity index (χ2v) is 7.09. The van der Waals surface area contributed by atoms with Crippen LogP contribution < -0.4 is 10.4 Å². The van der Waals surface area contributed by atoms with Gasteiger partial charge >= 0.3 is 11.6 Å². The molecule has 0 unspecified atom stereocenters. The van der Waals surface area contributed by atoms with E-state index in [0.29, 0.717) is 11.1 Å². The number of ether oxygens (including phenoxy) is 2. The zero-order valence-electron chi connectivity index (χ0n) is 15.8. The summed E-state index contributed by atoms with van der Waals surface area (Å²) in [5.41, 5.74) is 4.33. The van der Waals surface area contributed by atoms with Crippen LogP contribution in [0.25, 0.3) is 11.0 Å². The number of carbonyl (C=O) groups is 1. The number of hydrogen-bond acceptors (Lipinski definition) is 5. The minimum Gasteiger partial charge on any atom is -0.493 e. The molecule has 1 heterocycles. The van der Waals surface area contributed by atoms with Crippen molar-refractivity contribution in [2.45, 2.75) is 39.2 Å². The van der Waals surface area contributed by atoms with E-state index in [2.05, 4.69) is 6.07 Å². The Morgan fingerprint density at radius 2 is 1.89 bits per heavy atom. The lowest BCUT2D eigenvalue weighted by Gasteiger charge is -2.10. The maximum absolute atomic E-state index is 12.1. The Morgan fingerprint density at radius 3 is 2.71 bits per heavy atom. The molecule has 5 nitrogen and oxygen atoms in total. The average Bonchev–Trinajstić information content (AvgIpc) is 3.13. The van der Waals surface area contributed by atoms with Crippen LogP contribution in [0, 0.1) is 6.92 Å². The summed E-state index contributed by atoms with van der Waals surface area (Å²) < 4.78 is 16.4. The van der Waals surface area contributed by atoms with Gasteiger partial charge in [-0.1, -0.05) is 18.2 Å². The number of hydrogen-bond donors (Lipinski definition) is 0. The maximum atomic E-state index is 12.1. The van der Waals surface area contributed by atoms with Crippen molar-refractivity contribution < 1.29 is 18.7 Å². The average molecular weight is 378 g/mol. The zero-order chi connectivity index (χ0) is 19.5. The van der Waals surface area contributed by atoms with Gasteiger partial charge in [0.1, 0.15) is 17.9 Å². The monoisotopic (exact) mass is 378 g/mol. The molecule has 0 N–H and O–H groups in total. The largest absolute Gasteiger partial charge is 0.493 e. The summed E-state index contributed by atoms with van der Waals surface area (Å²) in [6.45, 7) is 2.25. The van der Waals surface area contributed by atoms with Crippen molar-refractivity contribution in [2.24, 2.45) is 0 Å². The molecule has 3 aromatic rings. The summed E-state index contributed by atoms with van der Waals surface area (Å²) in [5.74, 6) is 0.395. The number of carbonyl (C=O) groups excluding carboxylic acids is 1. The number of fused-ring (bicyclic) bond motifs is 2. The Hall–Kier alpha value is -3.08. The van der Waals surface area contributed by atoms with Gasteiger partial charge < -0.3 is 13.9 Å². The first-order chi connectivity index (χ1) is 13.6. The highest BCUT2D eigenvalue weighted by atomic mass is 16.5. The van der Waals surface area contributed by atoms with Crippen LogP contribution in [0.4, 0.5) is 0 Å². The van der Waals surface area contributed by atoms with Gasteiger partial charge in [0.25, 0.3) is 0 Å². The maximum Gasteiger partial charge on any atom is 0.336 e. The highest BCUT2D eigenvalue weighted by molar-refractivity contribution is 5.82. The number of aryl methyl sites for hydroxylation is 3. The first kappa shape index (κ1) is 18.3. The van der Waals surface area contributed by atoms with Gasteiger partial charge in [0, 0.05) is 17.0 Å². The van der Waals surface area contributed by atoms with Gasteiger partial charge in [0.15, 0.2) is 0 Å². The van der Waals surface area contributed by atoms with E-state index in [1.165, 1.54) is 17.2 Å². The molecule has 144 valence electrons. The fourth-order valence-electron chi connectivity index (χ4n) is 3.61. The molecule has 0 saturated carbocycles. The SMILES string of the molecule is Cc1ccccc1OCCC(=O)OCc1cc(=O)oc2cc3c(cc12)CCC3. The molecular weight excluding hydrogens is 356 g/mol. The molecule has 2 aromatic carbocycles. The van der Waals surface area contributed by atoms with E-state index >= 15 is 0 Å². The van der Waals surface area contributed by atoms with Gasteiger partial charge in [-0.3, -0.25) is 4.79 Å². The van der Waals surface area contributed by atoms with Crippen LogP contribution in [0.5, 0.6) is 5.75 Å². The highest BCUT2D eigenvalue weighted by Crippen LogP contribution is 2.28. The van der Waals surface area contributed by atoms with Crippen LogP contribution in [0.2, 0.25) is 0 Å². The summed E-state index contributed by atoms with van der Waals surface area (Å²) in [7, 11) is 0. The van der Waals surface area contributed by atoms with Gasteiger partial charge in [-0.05, 0) is 61.1 Å². The lowest BCUT2D eigenvalue weighted by atomic mass is 10.0. The number of esters is 1. The molecule has 0 saturated heterocycles. The smallest absolute Gasteiger partial charge is 0.336 e. The van der Waals surface area contributed by atoms with Crippen molar-refractivity contribution in [3.63, 3.8) is 0 Å². The third-order valence-corrected chi connectivity index (χ3v) is 5.09. The second-order valence-electron chi connectivity index (χ2n) is 7.09. The topological polar surface area (TPSA) is 65.7 Å². The molecule has 0 radical (unpaired) electrons. The van der Waals surface area contributed by atoms with Crippen LogP contribution >= 0.6 is 0 Å². The quantitative estimate of drug-likeness (QED) is 0.477. The molecule has 0 atom stereocenters. The van der Waals surface area contributed by atoms with Gasteiger partial charge in [0.05, 0.1) is 13.0 Å². The van der Waals surface area contributed by atoms with E-state index in [-0.39, 0.29) is 25.6 Å². The minimum absolute atomic E-state index is 0.0457. The molecule has 5 heteroatoms. The first-order valence-corrected chi connectivity index (χ1v) is 9.53. The zero-order valence-corrected chi connectivity index (χ0v) is 15.8. The highest BCUT2D eigenvalue weighted by Gasteiger charge is 2.16. The summed E-state index contributed by atoms with van der Waals surface area (Å²) in [4.78, 5) is 24.0. The van der Waals surface area contributed by atoms with Crippen LogP contribution in [0.1, 0.15) is 35.1 Å². The summed E-state index contributed by atoms with van der Waals surface area (Å²) in [6, 6.07) is 13.1. The molecule has 0 spiro atoms. The standard InChI is InChI=1S/C23H22O5/c1-15-5-2-3-8-20(15)26-10-9-22(24)27-14-18-13-23(25)28-21-12-17-7-4-6-16(17)11-19(18)21/h2-3,5,8,11-13H,4,6-7,9-10,14H2,1H3. The fourth-order valence-corrected chi connectivity index (χ4v) is 3.61. The Labute approximate surface area is 162 Å². The van der Waals surface area contributed by atoms with E-state index in [0.717, 1.165) is 36.0 Å². The first-order valence-electron chi connectivity index (χ1n) is 9.53. The van der Waals surface area contributed by atoms with Crippen molar-refractivity contribution in [2.75, 3.05) is 6.61 Å². The number of rotatable bonds is 6. The molecule has 1 aliphatic carbocycles. The van der Waals surface area contributed by atoms with E-state index in [1.54, 1.807) is 0 Å². The molecule has 1 aromatic heterocycles. The van der Waals surface area contributed by atoms with Gasteiger partial charge in [0.2, 0.25) is 0 Å². The van der Waals surface area contributed by atoms with Crippen LogP contribution in [-0.2, 0) is 29.0 Å². The third kappa shape index (κ3) is 3.93. The molecule has 0 aliphatic heterocycles. The predicted octanol–water partition coefficient (Wildman–Crippen LogP) is 4.10. The van der Waals surface area contributed by atoms with Crippen LogP contribution in [-0.4, -0.2) is 12.6 Å². The summed E-state index contributed by atoms with van der Waals surface area (Å²) >= 11 is 0. The van der Waals surface area contributed by atoms with E-state index in [9.17, 15) is 9.59 Å². The fraction of sp³-hybridized carbons (Fsp3) is 0.304. The number of benzene rings is 2. The van der Waals surface area contributed by atoms with Crippen molar-refractivity contribution in [3.05, 3.63) is 75.1 Å². The van der Waals surface area contributed by atoms with Crippen molar-refractivity contribution >= 4 is 16.9 Å². The Morgan fingerprint density at radius 1 is 1.11 bits per heavy atom.